The zero-order valence-corrected chi connectivity index (χ0v) is 20.3. The van der Waals surface area contributed by atoms with Gasteiger partial charge in [-0.05, 0) is 29.8 Å². The number of phenols is 1. The molecule has 0 fully saturated rings. The molecule has 0 radical (unpaired) electrons. The van der Waals surface area contributed by atoms with Gasteiger partial charge in [-0.15, -0.1) is 5.10 Å². The molecule has 1 unspecified atom stereocenters. The first-order valence-corrected chi connectivity index (χ1v) is 11.8. The van der Waals surface area contributed by atoms with Gasteiger partial charge in [-0.25, -0.2) is 14.5 Å². The van der Waals surface area contributed by atoms with E-state index < -0.39 is 0 Å². The zero-order valence-electron chi connectivity index (χ0n) is 19.6. The average molecular weight is 514 g/mol. The molecule has 37 heavy (non-hydrogen) atoms. The van der Waals surface area contributed by atoms with Crippen LogP contribution in [0, 0.1) is 0 Å². The summed E-state index contributed by atoms with van der Waals surface area (Å²) in [6, 6.07) is 20.2. The van der Waals surface area contributed by atoms with Crippen LogP contribution in [-0.2, 0) is 11.4 Å². The van der Waals surface area contributed by atoms with Crippen molar-refractivity contribution in [3.8, 4) is 23.1 Å². The van der Waals surface area contributed by atoms with Crippen molar-refractivity contribution in [1.82, 2.24) is 19.6 Å². The van der Waals surface area contributed by atoms with E-state index in [0.717, 1.165) is 28.0 Å². The maximum atomic E-state index is 10.1. The fourth-order valence-electron chi connectivity index (χ4n) is 4.32. The summed E-state index contributed by atoms with van der Waals surface area (Å²) in [4.78, 5) is 14.7. The monoisotopic (exact) mass is 513 g/mol. The van der Waals surface area contributed by atoms with Gasteiger partial charge >= 0.3 is 0 Å². The van der Waals surface area contributed by atoms with Crippen LogP contribution in [0.5, 0.6) is 23.1 Å². The number of oxime groups is 1. The average Bonchev–Trinajstić information content (AvgIpc) is 3.34. The van der Waals surface area contributed by atoms with Gasteiger partial charge in [0.15, 0.2) is 18.1 Å². The molecule has 0 spiro atoms. The van der Waals surface area contributed by atoms with Gasteiger partial charge in [0.1, 0.15) is 23.6 Å². The highest BCUT2D eigenvalue weighted by Gasteiger charge is 2.33. The third kappa shape index (κ3) is 4.30. The van der Waals surface area contributed by atoms with Crippen LogP contribution >= 0.6 is 11.6 Å². The highest BCUT2D eigenvalue weighted by Crippen LogP contribution is 2.48. The molecule has 1 atom stereocenters. The van der Waals surface area contributed by atoms with E-state index in [9.17, 15) is 5.11 Å². The molecule has 0 amide bonds. The minimum Gasteiger partial charge on any atom is -0.508 e. The number of benzene rings is 3. The Bertz CT molecular complexity index is 1630. The molecule has 1 aliphatic rings. The number of fused-ring (bicyclic) bond motifs is 4. The van der Waals surface area contributed by atoms with E-state index in [2.05, 4.69) is 15.2 Å². The second-order valence-electron chi connectivity index (χ2n) is 8.32. The van der Waals surface area contributed by atoms with Gasteiger partial charge in [0.25, 0.3) is 0 Å². The molecule has 3 heterocycles. The Morgan fingerprint density at radius 2 is 1.97 bits per heavy atom. The van der Waals surface area contributed by atoms with Crippen molar-refractivity contribution in [3.63, 3.8) is 0 Å². The molecule has 0 bridgehead atoms. The largest absolute Gasteiger partial charge is 0.508 e. The number of nitrogens with zero attached hydrogens (tertiary/aromatic N) is 5. The van der Waals surface area contributed by atoms with E-state index in [4.69, 9.17) is 30.9 Å². The summed E-state index contributed by atoms with van der Waals surface area (Å²) in [5.41, 5.74) is 3.94. The number of hydrogen-bond acceptors (Lipinski definition) is 8. The van der Waals surface area contributed by atoms with Crippen LogP contribution in [0.3, 0.4) is 0 Å². The molecule has 3 aromatic carbocycles. The number of rotatable bonds is 6. The first-order valence-electron chi connectivity index (χ1n) is 11.4. The summed E-state index contributed by atoms with van der Waals surface area (Å²) < 4.78 is 13.0. The molecule has 9 nitrogen and oxygen atoms in total. The molecule has 0 saturated carbocycles. The van der Waals surface area contributed by atoms with E-state index in [0.29, 0.717) is 28.1 Å². The van der Waals surface area contributed by atoms with Crippen LogP contribution in [0.1, 0.15) is 34.0 Å². The molecular formula is C27H20ClN5O4. The van der Waals surface area contributed by atoms with Gasteiger partial charge in [0.05, 0.1) is 18.9 Å². The van der Waals surface area contributed by atoms with Crippen LogP contribution < -0.4 is 9.47 Å². The lowest BCUT2D eigenvalue weighted by Crippen LogP contribution is -2.15. The van der Waals surface area contributed by atoms with Crippen molar-refractivity contribution in [2.24, 2.45) is 5.16 Å². The summed E-state index contributed by atoms with van der Waals surface area (Å²) in [5, 5.41) is 19.1. The Morgan fingerprint density at radius 3 is 2.78 bits per heavy atom. The third-order valence-electron chi connectivity index (χ3n) is 6.05. The quantitative estimate of drug-likeness (QED) is 0.237. The molecule has 1 aliphatic heterocycles. The summed E-state index contributed by atoms with van der Waals surface area (Å²) in [6.07, 6.45) is 3.08. The fraction of sp³-hybridized carbons (Fsp3) is 0.111. The SMILES string of the molecule is COc1ccc(C2c3ccc(O)cc3Oc3ncn4nc(CO/N=C/c5ccccc5Cl)nc4c32)cc1. The van der Waals surface area contributed by atoms with Crippen molar-refractivity contribution >= 4 is 23.5 Å². The lowest BCUT2D eigenvalue weighted by atomic mass is 9.84. The lowest BCUT2D eigenvalue weighted by Gasteiger charge is -2.28. The van der Waals surface area contributed by atoms with Gasteiger partial charge in [-0.1, -0.05) is 53.2 Å². The number of aromatic hydroxyl groups is 1. The molecular weight excluding hydrogens is 494 g/mol. The van der Waals surface area contributed by atoms with Gasteiger partial charge in [0.2, 0.25) is 5.88 Å². The van der Waals surface area contributed by atoms with E-state index in [1.54, 1.807) is 36.0 Å². The number of halogens is 1. The van der Waals surface area contributed by atoms with Crippen molar-refractivity contribution < 1.29 is 19.4 Å². The predicted octanol–water partition coefficient (Wildman–Crippen LogP) is 5.33. The van der Waals surface area contributed by atoms with Gasteiger partial charge < -0.3 is 19.4 Å². The number of phenolic OH excluding ortho intramolecular Hbond substituents is 1. The first-order chi connectivity index (χ1) is 18.1. The zero-order chi connectivity index (χ0) is 25.4. The molecule has 0 aliphatic carbocycles. The maximum absolute atomic E-state index is 10.1. The molecule has 2 aromatic heterocycles. The Kier molecular flexibility index (Phi) is 5.82. The van der Waals surface area contributed by atoms with Crippen molar-refractivity contribution in [2.75, 3.05) is 7.11 Å². The van der Waals surface area contributed by atoms with Crippen molar-refractivity contribution in [1.29, 1.82) is 0 Å². The van der Waals surface area contributed by atoms with E-state index >= 15 is 0 Å². The topological polar surface area (TPSA) is 103 Å². The molecule has 1 N–H and O–H groups in total. The van der Waals surface area contributed by atoms with E-state index in [1.165, 1.54) is 6.33 Å². The van der Waals surface area contributed by atoms with Crippen LogP contribution in [0.4, 0.5) is 0 Å². The molecule has 0 saturated heterocycles. The Morgan fingerprint density at radius 1 is 1.14 bits per heavy atom. The lowest BCUT2D eigenvalue weighted by molar-refractivity contribution is 0.126. The van der Waals surface area contributed by atoms with Crippen molar-refractivity contribution in [3.05, 3.63) is 106 Å². The van der Waals surface area contributed by atoms with Crippen LogP contribution in [0.15, 0.2) is 78.2 Å². The molecule has 6 rings (SSSR count). The minimum atomic E-state index is -0.266. The standard InChI is InChI=1S/C27H20ClN5O4/c1-35-19-9-6-16(7-10-19)24-20-11-8-18(34)12-22(20)37-27-25(24)26-31-23(32-33(26)15-29-27)14-36-30-13-17-4-2-3-5-21(17)28/h2-13,15,24,34H,14H2,1H3/b30-13+. The fourth-order valence-corrected chi connectivity index (χ4v) is 4.50. The predicted molar refractivity (Wildman–Crippen MR) is 137 cm³/mol. The summed E-state index contributed by atoms with van der Waals surface area (Å²) in [5.74, 6) is 1.94. The van der Waals surface area contributed by atoms with Crippen molar-refractivity contribution in [2.45, 2.75) is 12.5 Å². The Labute approximate surface area is 216 Å². The van der Waals surface area contributed by atoms with Crippen LogP contribution in [-0.4, -0.2) is 38.0 Å². The first kappa shape index (κ1) is 22.8. The highest BCUT2D eigenvalue weighted by atomic mass is 35.5. The molecule has 184 valence electrons. The summed E-state index contributed by atoms with van der Waals surface area (Å²) in [6.45, 7) is 0.0515. The third-order valence-corrected chi connectivity index (χ3v) is 6.39. The number of hydrogen-bond donors (Lipinski definition) is 1. The second-order valence-corrected chi connectivity index (χ2v) is 8.73. The number of methoxy groups -OCH3 is 1. The Hall–Kier alpha value is -4.63. The minimum absolute atomic E-state index is 0.0515. The van der Waals surface area contributed by atoms with Gasteiger partial charge in [-0.3, -0.25) is 0 Å². The Balaban J connectivity index is 1.37. The number of ether oxygens (including phenoxy) is 2. The van der Waals surface area contributed by atoms with Gasteiger partial charge in [-0.2, -0.15) is 0 Å². The second kappa shape index (κ2) is 9.44. The molecule has 5 aromatic rings. The molecule has 10 heteroatoms. The van der Waals surface area contributed by atoms with Crippen LogP contribution in [0.2, 0.25) is 5.02 Å². The smallest absolute Gasteiger partial charge is 0.228 e. The highest BCUT2D eigenvalue weighted by molar-refractivity contribution is 6.33. The summed E-state index contributed by atoms with van der Waals surface area (Å²) in [7, 11) is 1.63. The maximum Gasteiger partial charge on any atom is 0.228 e. The van der Waals surface area contributed by atoms with E-state index in [-0.39, 0.29) is 18.3 Å². The van der Waals surface area contributed by atoms with E-state index in [1.807, 2.05) is 48.5 Å². The summed E-state index contributed by atoms with van der Waals surface area (Å²) >= 11 is 6.15. The number of aromatic nitrogens is 4. The van der Waals surface area contributed by atoms with Gasteiger partial charge in [0, 0.05) is 28.1 Å². The normalized spacial score (nSPS) is 14.3. The van der Waals surface area contributed by atoms with Crippen LogP contribution in [0.25, 0.3) is 5.65 Å².